The van der Waals surface area contributed by atoms with Crippen LogP contribution >= 0.6 is 0 Å². The summed E-state index contributed by atoms with van der Waals surface area (Å²) in [6.07, 6.45) is 8.08. The van der Waals surface area contributed by atoms with Gasteiger partial charge in [-0.3, -0.25) is 0 Å². The molecule has 0 spiro atoms. The first-order valence-electron chi connectivity index (χ1n) is 11.0. The van der Waals surface area contributed by atoms with E-state index in [0.717, 1.165) is 69.4 Å². The quantitative estimate of drug-likeness (QED) is 0.799. The molecular weight excluding hydrogens is 366 g/mol. The lowest BCUT2D eigenvalue weighted by atomic mass is 9.93. The highest BCUT2D eigenvalue weighted by molar-refractivity contribution is 5.49. The normalized spacial score (nSPS) is 23.5. The third-order valence-corrected chi connectivity index (χ3v) is 6.18. The van der Waals surface area contributed by atoms with E-state index < -0.39 is 0 Å². The van der Waals surface area contributed by atoms with Crippen molar-refractivity contribution in [2.24, 2.45) is 5.92 Å². The number of anilines is 2. The minimum Gasteiger partial charge on any atom is -0.376 e. The van der Waals surface area contributed by atoms with E-state index in [4.69, 9.17) is 4.74 Å². The zero-order valence-electron chi connectivity index (χ0n) is 17.8. The van der Waals surface area contributed by atoms with Crippen LogP contribution in [0.2, 0.25) is 0 Å². The first-order chi connectivity index (χ1) is 14.2. The van der Waals surface area contributed by atoms with Crippen LogP contribution < -0.4 is 10.2 Å². The van der Waals surface area contributed by atoms with Crippen molar-refractivity contribution in [3.05, 3.63) is 24.5 Å². The molecule has 2 saturated heterocycles. The molecule has 2 fully saturated rings. The van der Waals surface area contributed by atoms with E-state index in [9.17, 15) is 0 Å². The monoisotopic (exact) mass is 399 g/mol. The maximum Gasteiger partial charge on any atom is 0.136 e. The van der Waals surface area contributed by atoms with Crippen molar-refractivity contribution in [2.45, 2.75) is 71.1 Å². The molecule has 4 heterocycles. The number of hydrogen-bond donors (Lipinski definition) is 1. The minimum atomic E-state index is 0.230. The van der Waals surface area contributed by atoms with Gasteiger partial charge >= 0.3 is 0 Å². The molecule has 0 radical (unpaired) electrons. The highest BCUT2D eigenvalue weighted by Crippen LogP contribution is 2.30. The smallest absolute Gasteiger partial charge is 0.136 e. The van der Waals surface area contributed by atoms with Crippen molar-refractivity contribution < 1.29 is 4.74 Å². The molecule has 0 bridgehead atoms. The number of piperidine rings is 1. The van der Waals surface area contributed by atoms with Crippen molar-refractivity contribution in [2.75, 3.05) is 29.9 Å². The molecule has 0 aromatic carbocycles. The molecule has 8 nitrogen and oxygen atoms in total. The predicted octanol–water partition coefficient (Wildman–Crippen LogP) is 3.09. The average Bonchev–Trinajstić information content (AvgIpc) is 3.23. The van der Waals surface area contributed by atoms with E-state index in [2.05, 4.69) is 61.8 Å². The van der Waals surface area contributed by atoms with Crippen molar-refractivity contribution in [3.63, 3.8) is 0 Å². The summed E-state index contributed by atoms with van der Waals surface area (Å²) >= 11 is 0. The second-order valence-corrected chi connectivity index (χ2v) is 8.47. The van der Waals surface area contributed by atoms with Gasteiger partial charge in [-0.1, -0.05) is 13.8 Å². The van der Waals surface area contributed by atoms with Crippen molar-refractivity contribution in [1.82, 2.24) is 24.7 Å². The highest BCUT2D eigenvalue weighted by atomic mass is 16.5. The van der Waals surface area contributed by atoms with E-state index in [1.165, 1.54) is 0 Å². The second-order valence-electron chi connectivity index (χ2n) is 8.47. The van der Waals surface area contributed by atoms with E-state index >= 15 is 0 Å². The summed E-state index contributed by atoms with van der Waals surface area (Å²) in [6, 6.07) is 2.39. The molecule has 158 valence electrons. The van der Waals surface area contributed by atoms with Gasteiger partial charge in [0, 0.05) is 38.2 Å². The van der Waals surface area contributed by atoms with E-state index in [1.807, 2.05) is 6.33 Å². The molecule has 2 aromatic rings. The molecule has 29 heavy (non-hydrogen) atoms. The van der Waals surface area contributed by atoms with Gasteiger partial charge in [0.05, 0.1) is 12.1 Å². The van der Waals surface area contributed by atoms with Gasteiger partial charge in [-0.05, 0) is 38.5 Å². The first kappa shape index (κ1) is 20.1. The van der Waals surface area contributed by atoms with Gasteiger partial charge in [-0.2, -0.15) is 0 Å². The Balaban J connectivity index is 1.39. The highest BCUT2D eigenvalue weighted by Gasteiger charge is 2.29. The molecule has 0 unspecified atom stereocenters. The van der Waals surface area contributed by atoms with Crippen LogP contribution in [0.5, 0.6) is 0 Å². The SMILES string of the molecule is CCn1cnnc1C1CCN(c2cc(N[C@@H]3CCCO[C@H]3C(C)C)ncn2)CC1. The largest absolute Gasteiger partial charge is 0.376 e. The summed E-state index contributed by atoms with van der Waals surface area (Å²) in [5, 5.41) is 12.1. The fourth-order valence-corrected chi connectivity index (χ4v) is 4.59. The third-order valence-electron chi connectivity index (χ3n) is 6.18. The zero-order valence-corrected chi connectivity index (χ0v) is 17.8. The Hall–Kier alpha value is -2.22. The van der Waals surface area contributed by atoms with E-state index in [0.29, 0.717) is 17.9 Å². The summed E-state index contributed by atoms with van der Waals surface area (Å²) in [5.74, 6) is 3.96. The van der Waals surface area contributed by atoms with E-state index in [-0.39, 0.29) is 6.10 Å². The van der Waals surface area contributed by atoms with Gasteiger partial charge in [-0.15, -0.1) is 10.2 Å². The summed E-state index contributed by atoms with van der Waals surface area (Å²) in [4.78, 5) is 11.4. The van der Waals surface area contributed by atoms with Crippen LogP contribution in [0.3, 0.4) is 0 Å². The third kappa shape index (κ3) is 4.52. The molecule has 0 amide bonds. The maximum absolute atomic E-state index is 6.01. The molecule has 8 heteroatoms. The average molecular weight is 400 g/mol. The Bertz CT molecular complexity index is 785. The standard InChI is InChI=1S/C21H33N7O/c1-4-27-14-24-26-21(27)16-7-9-28(10-8-16)19-12-18(22-13-23-19)25-17-6-5-11-29-20(17)15(2)3/h12-17,20H,4-11H2,1-3H3,(H,22,23,25)/t17-,20+/m1/s1. The predicted molar refractivity (Wildman–Crippen MR) is 113 cm³/mol. The fourth-order valence-electron chi connectivity index (χ4n) is 4.59. The molecular formula is C21H33N7O. The Morgan fingerprint density at radius 3 is 2.79 bits per heavy atom. The van der Waals surface area contributed by atoms with Crippen LogP contribution in [0.1, 0.15) is 58.2 Å². The molecule has 4 rings (SSSR count). The fraction of sp³-hybridized carbons (Fsp3) is 0.714. The lowest BCUT2D eigenvalue weighted by Crippen LogP contribution is -2.43. The zero-order chi connectivity index (χ0) is 20.2. The lowest BCUT2D eigenvalue weighted by Gasteiger charge is -2.35. The lowest BCUT2D eigenvalue weighted by molar-refractivity contribution is -0.0203. The number of aromatic nitrogens is 5. The first-order valence-corrected chi connectivity index (χ1v) is 11.0. The van der Waals surface area contributed by atoms with Gasteiger partial charge in [0.2, 0.25) is 0 Å². The number of nitrogens with one attached hydrogen (secondary N) is 1. The number of hydrogen-bond acceptors (Lipinski definition) is 7. The number of ether oxygens (including phenoxy) is 1. The minimum absolute atomic E-state index is 0.230. The molecule has 2 aliphatic heterocycles. The maximum atomic E-state index is 6.01. The van der Waals surface area contributed by atoms with Gasteiger partial charge in [0.1, 0.15) is 30.1 Å². The number of nitrogens with zero attached hydrogens (tertiary/aromatic N) is 6. The molecule has 2 aromatic heterocycles. The summed E-state index contributed by atoms with van der Waals surface area (Å²) < 4.78 is 8.16. The summed E-state index contributed by atoms with van der Waals surface area (Å²) in [5.41, 5.74) is 0. The molecule has 2 atom stereocenters. The van der Waals surface area contributed by atoms with Crippen LogP contribution in [0, 0.1) is 5.92 Å². The number of aryl methyl sites for hydroxylation is 1. The Morgan fingerprint density at radius 1 is 1.21 bits per heavy atom. The number of rotatable bonds is 6. The molecule has 2 aliphatic rings. The molecule has 0 saturated carbocycles. The van der Waals surface area contributed by atoms with Crippen LogP contribution in [-0.4, -0.2) is 56.6 Å². The van der Waals surface area contributed by atoms with Crippen LogP contribution in [0.4, 0.5) is 11.6 Å². The molecule has 0 aliphatic carbocycles. The van der Waals surface area contributed by atoms with Crippen molar-refractivity contribution in [3.8, 4) is 0 Å². The summed E-state index contributed by atoms with van der Waals surface area (Å²) in [7, 11) is 0. The van der Waals surface area contributed by atoms with E-state index in [1.54, 1.807) is 6.33 Å². The summed E-state index contributed by atoms with van der Waals surface area (Å²) in [6.45, 7) is 10.3. The Morgan fingerprint density at radius 2 is 2.03 bits per heavy atom. The van der Waals surface area contributed by atoms with Crippen LogP contribution in [0.15, 0.2) is 18.7 Å². The Kier molecular flexibility index (Phi) is 6.28. The van der Waals surface area contributed by atoms with Gasteiger partial charge in [0.15, 0.2) is 0 Å². The Labute approximate surface area is 173 Å². The van der Waals surface area contributed by atoms with Gasteiger partial charge < -0.3 is 19.5 Å². The molecule has 1 N–H and O–H groups in total. The second kappa shape index (κ2) is 9.07. The topological polar surface area (TPSA) is 81.0 Å². The van der Waals surface area contributed by atoms with Crippen molar-refractivity contribution >= 4 is 11.6 Å². The van der Waals surface area contributed by atoms with Crippen molar-refractivity contribution in [1.29, 1.82) is 0 Å². The van der Waals surface area contributed by atoms with Crippen LogP contribution in [-0.2, 0) is 11.3 Å². The van der Waals surface area contributed by atoms with Gasteiger partial charge in [0.25, 0.3) is 0 Å². The van der Waals surface area contributed by atoms with Crippen LogP contribution in [0.25, 0.3) is 0 Å². The van der Waals surface area contributed by atoms with Gasteiger partial charge in [-0.25, -0.2) is 9.97 Å².